The molecule has 10 nitrogen and oxygen atoms in total. The highest BCUT2D eigenvalue weighted by atomic mass is 32.2. The van der Waals surface area contributed by atoms with Crippen molar-refractivity contribution in [2.24, 2.45) is 0 Å². The molecule has 1 aliphatic heterocycles. The summed E-state index contributed by atoms with van der Waals surface area (Å²) in [6.07, 6.45) is 3.05. The first-order valence-electron chi connectivity index (χ1n) is 12.2. The quantitative estimate of drug-likeness (QED) is 0.414. The molecule has 0 bridgehead atoms. The lowest BCUT2D eigenvalue weighted by atomic mass is 10.0. The van der Waals surface area contributed by atoms with Crippen molar-refractivity contribution in [1.29, 1.82) is 0 Å². The Labute approximate surface area is 238 Å². The molecule has 14 heteroatoms. The van der Waals surface area contributed by atoms with Crippen LogP contribution in [0.15, 0.2) is 54.9 Å². The van der Waals surface area contributed by atoms with Crippen LogP contribution in [0.3, 0.4) is 0 Å². The van der Waals surface area contributed by atoms with Crippen LogP contribution < -0.4 is 19.2 Å². The molecule has 214 valence electrons. The van der Waals surface area contributed by atoms with Crippen LogP contribution in [-0.4, -0.2) is 50.0 Å². The van der Waals surface area contributed by atoms with Crippen LogP contribution in [0.25, 0.3) is 0 Å². The predicted molar refractivity (Wildman–Crippen MR) is 152 cm³/mol. The lowest BCUT2D eigenvalue weighted by Crippen LogP contribution is -2.54. The number of nitrogens with one attached hydrogen (secondary N) is 2. The van der Waals surface area contributed by atoms with Crippen molar-refractivity contribution in [2.75, 3.05) is 22.8 Å². The second kappa shape index (κ2) is 12.6. The fraction of sp³-hybridized carbons (Fsp3) is 0.308. The van der Waals surface area contributed by atoms with E-state index >= 15 is 0 Å². The molecule has 0 unspecified atom stereocenters. The van der Waals surface area contributed by atoms with Gasteiger partial charge in [0.1, 0.15) is 23.5 Å². The minimum atomic E-state index is -4.36. The summed E-state index contributed by atoms with van der Waals surface area (Å²) in [5.41, 5.74) is 2.03. The SMILES string of the molecule is CC(C)c1ccc(N(C)C(=O)[C@H](Cc2cc(F)cc(F)c2)NC(=O)NS(=O)(=O)N2CCc3cccnc32)cn1.S. The molecule has 0 saturated heterocycles. The second-order valence-electron chi connectivity index (χ2n) is 9.42. The van der Waals surface area contributed by atoms with Crippen molar-refractivity contribution in [2.45, 2.75) is 38.6 Å². The number of benzene rings is 1. The molecule has 4 rings (SSSR count). The van der Waals surface area contributed by atoms with E-state index in [4.69, 9.17) is 0 Å². The number of halogens is 2. The third-order valence-corrected chi connectivity index (χ3v) is 7.62. The van der Waals surface area contributed by atoms with Gasteiger partial charge in [0, 0.05) is 38.0 Å². The lowest BCUT2D eigenvalue weighted by Gasteiger charge is -2.26. The Morgan fingerprint density at radius 3 is 2.42 bits per heavy atom. The first kappa shape index (κ1) is 30.8. The number of pyridine rings is 2. The molecule has 0 fully saturated rings. The first-order valence-corrected chi connectivity index (χ1v) is 13.6. The standard InChI is InChI=1S/C26H28F2N6O4S.H2S/c1-16(2)22-7-6-21(15-30-22)33(3)25(35)23(13-17-11-19(27)14-20(28)12-17)31-26(36)32-39(37,38)34-10-8-18-5-4-9-29-24(18)34;/h4-7,9,11-12,14-16,23H,8,10,13H2,1-3H3,(H2,31,32,36);1H2/t23-;/m0./s1. The number of nitrogens with zero attached hydrogens (tertiary/aromatic N) is 4. The fourth-order valence-corrected chi connectivity index (χ4v) is 5.36. The fourth-order valence-electron chi connectivity index (χ4n) is 4.23. The number of urea groups is 1. The van der Waals surface area contributed by atoms with Gasteiger partial charge in [-0.2, -0.15) is 21.9 Å². The smallest absolute Gasteiger partial charge is 0.325 e. The summed E-state index contributed by atoms with van der Waals surface area (Å²) in [6.45, 7) is 4.03. The number of likely N-dealkylation sites (N-methyl/N-ethyl adjacent to an activating group) is 1. The Morgan fingerprint density at radius 1 is 1.10 bits per heavy atom. The maximum absolute atomic E-state index is 13.9. The zero-order valence-corrected chi connectivity index (χ0v) is 23.9. The third-order valence-electron chi connectivity index (χ3n) is 6.25. The van der Waals surface area contributed by atoms with Crippen molar-refractivity contribution in [3.05, 3.63) is 83.3 Å². The van der Waals surface area contributed by atoms with Gasteiger partial charge in [0.2, 0.25) is 5.91 Å². The average molecular weight is 593 g/mol. The molecular weight excluding hydrogens is 562 g/mol. The molecule has 2 N–H and O–H groups in total. The molecule has 1 atom stereocenters. The monoisotopic (exact) mass is 592 g/mol. The molecule has 1 aliphatic rings. The van der Waals surface area contributed by atoms with Crippen LogP contribution in [0, 0.1) is 11.6 Å². The predicted octanol–water partition coefficient (Wildman–Crippen LogP) is 3.17. The number of carbonyl (C=O) groups is 2. The Kier molecular flexibility index (Phi) is 9.69. The maximum Gasteiger partial charge on any atom is 0.330 e. The summed E-state index contributed by atoms with van der Waals surface area (Å²) >= 11 is 0. The number of hydrogen-bond donors (Lipinski definition) is 2. The van der Waals surface area contributed by atoms with E-state index in [1.165, 1.54) is 24.3 Å². The summed E-state index contributed by atoms with van der Waals surface area (Å²) in [5, 5.41) is 2.36. The number of amides is 3. The van der Waals surface area contributed by atoms with E-state index in [9.17, 15) is 26.8 Å². The van der Waals surface area contributed by atoms with Gasteiger partial charge >= 0.3 is 16.2 Å². The van der Waals surface area contributed by atoms with Crippen LogP contribution in [0.4, 0.5) is 25.1 Å². The van der Waals surface area contributed by atoms with Crippen LogP contribution in [0.1, 0.15) is 36.6 Å². The summed E-state index contributed by atoms with van der Waals surface area (Å²) in [6, 6.07) is 7.06. The van der Waals surface area contributed by atoms with Gasteiger partial charge in [-0.1, -0.05) is 19.9 Å². The highest BCUT2D eigenvalue weighted by molar-refractivity contribution is 7.91. The zero-order chi connectivity index (χ0) is 28.3. The average Bonchev–Trinajstić information content (AvgIpc) is 3.32. The highest BCUT2D eigenvalue weighted by Crippen LogP contribution is 2.26. The minimum Gasteiger partial charge on any atom is -0.325 e. The third kappa shape index (κ3) is 7.04. The molecule has 3 aromatic rings. The molecule has 3 heterocycles. The van der Waals surface area contributed by atoms with Gasteiger partial charge in [-0.25, -0.2) is 27.6 Å². The second-order valence-corrected chi connectivity index (χ2v) is 11.0. The topological polar surface area (TPSA) is 125 Å². The zero-order valence-electron chi connectivity index (χ0n) is 22.1. The van der Waals surface area contributed by atoms with E-state index in [1.807, 2.05) is 18.6 Å². The Morgan fingerprint density at radius 2 is 1.80 bits per heavy atom. The number of carbonyl (C=O) groups excluding carboxylic acids is 2. The Hall–Kier alpha value is -3.78. The summed E-state index contributed by atoms with van der Waals surface area (Å²) in [5.74, 6) is -1.99. The summed E-state index contributed by atoms with van der Waals surface area (Å²) in [7, 11) is -2.91. The van der Waals surface area contributed by atoms with Gasteiger partial charge in [0.05, 0.1) is 11.9 Å². The van der Waals surface area contributed by atoms with E-state index in [2.05, 4.69) is 15.3 Å². The number of fused-ring (bicyclic) bond motifs is 1. The van der Waals surface area contributed by atoms with Crippen molar-refractivity contribution in [3.8, 4) is 0 Å². The van der Waals surface area contributed by atoms with E-state index < -0.39 is 39.8 Å². The molecule has 40 heavy (non-hydrogen) atoms. The lowest BCUT2D eigenvalue weighted by molar-refractivity contribution is -0.120. The molecule has 3 amide bonds. The van der Waals surface area contributed by atoms with Crippen molar-refractivity contribution in [3.63, 3.8) is 0 Å². The van der Waals surface area contributed by atoms with Crippen LogP contribution in [-0.2, 0) is 27.8 Å². The van der Waals surface area contributed by atoms with Gasteiger partial charge in [0.25, 0.3) is 0 Å². The summed E-state index contributed by atoms with van der Waals surface area (Å²) < 4.78 is 56.5. The molecule has 2 aromatic heterocycles. The maximum atomic E-state index is 13.9. The molecule has 0 saturated carbocycles. The van der Waals surface area contributed by atoms with Gasteiger partial charge in [-0.05, 0) is 53.8 Å². The number of rotatable bonds is 8. The molecular formula is C26H30F2N6O4S2. The molecule has 0 radical (unpaired) electrons. The van der Waals surface area contributed by atoms with E-state index in [0.717, 1.165) is 22.1 Å². The van der Waals surface area contributed by atoms with Crippen molar-refractivity contribution >= 4 is 47.1 Å². The largest absolute Gasteiger partial charge is 0.330 e. The van der Waals surface area contributed by atoms with E-state index in [0.29, 0.717) is 23.7 Å². The Bertz CT molecular complexity index is 1470. The van der Waals surface area contributed by atoms with Crippen molar-refractivity contribution in [1.82, 2.24) is 20.0 Å². The minimum absolute atomic E-state index is 0. The van der Waals surface area contributed by atoms with Crippen molar-refractivity contribution < 1.29 is 26.8 Å². The van der Waals surface area contributed by atoms with Gasteiger partial charge in [-0.15, -0.1) is 0 Å². The number of aromatic nitrogens is 2. The number of hydrogen-bond acceptors (Lipinski definition) is 6. The van der Waals surface area contributed by atoms with E-state index in [-0.39, 0.29) is 43.8 Å². The highest BCUT2D eigenvalue weighted by Gasteiger charge is 2.33. The molecule has 0 spiro atoms. The van der Waals surface area contributed by atoms with Crippen LogP contribution in [0.5, 0.6) is 0 Å². The normalized spacial score (nSPS) is 13.3. The van der Waals surface area contributed by atoms with Crippen LogP contribution in [0.2, 0.25) is 0 Å². The molecule has 0 aliphatic carbocycles. The van der Waals surface area contributed by atoms with Gasteiger partial charge in [-0.3, -0.25) is 9.78 Å². The van der Waals surface area contributed by atoms with Gasteiger partial charge < -0.3 is 10.2 Å². The number of anilines is 2. The summed E-state index contributed by atoms with van der Waals surface area (Å²) in [4.78, 5) is 36.0. The van der Waals surface area contributed by atoms with Gasteiger partial charge in [0.15, 0.2) is 0 Å². The first-order chi connectivity index (χ1) is 18.4. The van der Waals surface area contributed by atoms with E-state index in [1.54, 1.807) is 24.3 Å². The molecule has 1 aromatic carbocycles. The van der Waals surface area contributed by atoms with Crippen LogP contribution >= 0.6 is 13.5 Å². The Balaban J connectivity index is 0.00000441.